The Labute approximate surface area is 347 Å². The first-order chi connectivity index (χ1) is 16.0. The molecule has 5 unspecified atom stereocenters. The SMILES string of the molecule is CP(=O)(O)C(C(=O)O)C(CCN)C(=O)O.CP(=O)([O-])C(Nc1cccc(CP(=O)([O-])[O-])c1)P(=O)([O-])[O-].[Na+].[Na+].[Na+].[Na+].[Na+]. The van der Waals surface area contributed by atoms with Crippen LogP contribution in [-0.4, -0.2) is 58.1 Å². The third-order valence-electron chi connectivity index (χ3n) is 4.29. The van der Waals surface area contributed by atoms with E-state index in [1.54, 1.807) is 0 Å². The van der Waals surface area contributed by atoms with Crippen LogP contribution in [-0.2, 0) is 34.0 Å². The van der Waals surface area contributed by atoms with Crippen molar-refractivity contribution in [1.29, 1.82) is 0 Å². The van der Waals surface area contributed by atoms with E-state index in [9.17, 15) is 52.3 Å². The molecule has 0 aromatic heterocycles. The van der Waals surface area contributed by atoms with Gasteiger partial charge >= 0.3 is 160 Å². The van der Waals surface area contributed by atoms with E-state index in [1.165, 1.54) is 18.2 Å². The zero-order chi connectivity index (χ0) is 28.7. The maximum atomic E-state index is 11.3. The van der Waals surface area contributed by atoms with Gasteiger partial charge < -0.3 is 64.3 Å². The summed E-state index contributed by atoms with van der Waals surface area (Å²) in [6.07, 6.45) is -0.967. The van der Waals surface area contributed by atoms with Gasteiger partial charge in [-0.1, -0.05) is 19.7 Å². The van der Waals surface area contributed by atoms with Crippen molar-refractivity contribution in [2.24, 2.45) is 11.7 Å². The van der Waals surface area contributed by atoms with Gasteiger partial charge in [-0.3, -0.25) is 14.2 Å². The van der Waals surface area contributed by atoms with Gasteiger partial charge in [0.25, 0.3) is 0 Å². The Hall–Kier alpha value is 3.60. The molecule has 6 N–H and O–H groups in total. The smallest absolute Gasteiger partial charge is 0.810 e. The van der Waals surface area contributed by atoms with E-state index in [-0.39, 0.29) is 172 Å². The number of nitrogens with two attached hydrogens (primary N) is 1. The molecule has 0 heterocycles. The number of aliphatic carboxylic acids is 2. The first-order valence-electron chi connectivity index (χ1n) is 9.62. The van der Waals surface area contributed by atoms with Gasteiger partial charge in [0.1, 0.15) is 5.66 Å². The third-order valence-corrected chi connectivity index (χ3v) is 10.5. The van der Waals surface area contributed by atoms with Crippen molar-refractivity contribution in [3.63, 3.8) is 0 Å². The number of benzene rings is 1. The van der Waals surface area contributed by atoms with Crippen LogP contribution in [0.3, 0.4) is 0 Å². The summed E-state index contributed by atoms with van der Waals surface area (Å²) in [6, 6.07) is 4.90. The van der Waals surface area contributed by atoms with Crippen molar-refractivity contribution in [2.75, 3.05) is 25.2 Å². The van der Waals surface area contributed by atoms with Crippen molar-refractivity contribution in [3.8, 4) is 0 Å². The molecule has 0 amide bonds. The van der Waals surface area contributed by atoms with Crippen molar-refractivity contribution < 1.29 is 215 Å². The summed E-state index contributed by atoms with van der Waals surface area (Å²) in [7, 11) is -18.9. The molecule has 0 saturated carbocycles. The molecule has 0 saturated heterocycles. The molecule has 0 radical (unpaired) electrons. The number of carbonyl (C=O) groups is 2. The van der Waals surface area contributed by atoms with E-state index in [0.717, 1.165) is 12.7 Å². The topological polar surface area (TPSA) is 316 Å². The Morgan fingerprint density at radius 2 is 1.37 bits per heavy atom. The summed E-state index contributed by atoms with van der Waals surface area (Å²) in [6.45, 7) is 1.37. The van der Waals surface area contributed by atoms with Crippen LogP contribution < -0.4 is 183 Å². The average molecular weight is 708 g/mol. The third kappa shape index (κ3) is 24.4. The van der Waals surface area contributed by atoms with E-state index in [0.29, 0.717) is 6.66 Å². The monoisotopic (exact) mass is 708 g/mol. The second-order valence-electron chi connectivity index (χ2n) is 7.68. The van der Waals surface area contributed by atoms with E-state index in [4.69, 9.17) is 20.8 Å². The van der Waals surface area contributed by atoms with Gasteiger partial charge in [0, 0.05) is 25.9 Å². The molecule has 0 aliphatic carbocycles. The van der Waals surface area contributed by atoms with Crippen LogP contribution >= 0.6 is 29.9 Å². The Kier molecular flexibility index (Phi) is 34.3. The number of carboxylic acid groups (broad SMARTS) is 2. The van der Waals surface area contributed by atoms with E-state index in [2.05, 4.69) is 0 Å². The van der Waals surface area contributed by atoms with Crippen molar-refractivity contribution >= 4 is 47.6 Å². The molecule has 0 aliphatic rings. The number of nitrogens with one attached hydrogen (secondary N) is 1. The van der Waals surface area contributed by atoms with Gasteiger partial charge in [0.15, 0.2) is 0 Å². The fourth-order valence-corrected chi connectivity index (χ4v) is 7.64. The van der Waals surface area contributed by atoms with Crippen molar-refractivity contribution in [2.45, 2.75) is 23.8 Å². The zero-order valence-electron chi connectivity index (χ0n) is 23.9. The van der Waals surface area contributed by atoms with Gasteiger partial charge in [-0.2, -0.15) is 0 Å². The predicted molar refractivity (Wildman–Crippen MR) is 118 cm³/mol. The average Bonchev–Trinajstić information content (AvgIpc) is 2.62. The first-order valence-corrected chi connectivity index (χ1v) is 17.3. The summed E-state index contributed by atoms with van der Waals surface area (Å²) in [5.41, 5.74) is 0.895. The summed E-state index contributed by atoms with van der Waals surface area (Å²) >= 11 is 0. The summed E-state index contributed by atoms with van der Waals surface area (Å²) in [5.74, 6) is -4.46. The first kappa shape index (κ1) is 56.9. The van der Waals surface area contributed by atoms with Gasteiger partial charge in [-0.15, -0.1) is 0 Å². The maximum Gasteiger partial charge on any atom is 1.00 e. The zero-order valence-corrected chi connectivity index (χ0v) is 37.4. The van der Waals surface area contributed by atoms with Crippen LogP contribution in [0.2, 0.25) is 0 Å². The van der Waals surface area contributed by atoms with Gasteiger partial charge in [-0.05, 0) is 44.9 Å². The molecule has 5 atom stereocenters. The molecule has 41 heavy (non-hydrogen) atoms. The van der Waals surface area contributed by atoms with E-state index in [1.807, 2.05) is 5.32 Å². The minimum Gasteiger partial charge on any atom is -0.810 e. The molecule has 1 aromatic rings. The minimum absolute atomic E-state index is 0. The molecular formula is C16H25N2Na5O14P4. The molecule has 25 heteroatoms. The van der Waals surface area contributed by atoms with Crippen LogP contribution in [0.15, 0.2) is 24.3 Å². The molecule has 0 spiro atoms. The molecule has 0 fully saturated rings. The quantitative estimate of drug-likeness (QED) is 0.0994. The molecular weight excluding hydrogens is 683 g/mol. The maximum absolute atomic E-state index is 11.3. The van der Waals surface area contributed by atoms with Crippen LogP contribution in [0, 0.1) is 5.92 Å². The van der Waals surface area contributed by atoms with Crippen molar-refractivity contribution in [3.05, 3.63) is 29.8 Å². The Balaban J connectivity index is -0.000000139. The number of hydrogen-bond donors (Lipinski definition) is 5. The number of anilines is 1. The number of hydrogen-bond acceptors (Lipinski definition) is 13. The Morgan fingerprint density at radius 1 is 0.902 bits per heavy atom. The fraction of sp³-hybridized carbons (Fsp3) is 0.500. The van der Waals surface area contributed by atoms with Crippen LogP contribution in [0.25, 0.3) is 0 Å². The molecule has 208 valence electrons. The van der Waals surface area contributed by atoms with Crippen LogP contribution in [0.1, 0.15) is 12.0 Å². The predicted octanol–water partition coefficient (Wildman–Crippen LogP) is -17.6. The van der Waals surface area contributed by atoms with Crippen LogP contribution in [0.5, 0.6) is 0 Å². The molecule has 16 nitrogen and oxygen atoms in total. The second-order valence-corrected chi connectivity index (χ2v) is 16.0. The fourth-order valence-electron chi connectivity index (χ4n) is 2.89. The molecule has 0 bridgehead atoms. The molecule has 1 rings (SSSR count). The van der Waals surface area contributed by atoms with Gasteiger partial charge in [0.2, 0.25) is 7.37 Å². The normalized spacial score (nSPS) is 15.6. The standard InChI is InChI=1S/C9H16NO8P3.C7H14NO6P.5Na/c1-19(11,12)9(21(16,17)18)10-8-4-2-3-7(5-8)6-20(13,14)15;1-15(13,14)5(7(11)12)4(2-3-8)6(9)10;;;;;/h2-5,9-10H,6H2,1H3,(H,11,12)(H2,13,14,15)(H2,16,17,18);4-5H,2-3,8H2,1H3,(H,9,10)(H,11,12)(H,13,14);;;;;/q;;5*+1/p-5. The van der Waals surface area contributed by atoms with E-state index >= 15 is 0 Å². The summed E-state index contributed by atoms with van der Waals surface area (Å²) < 4.78 is 44.2. The number of rotatable bonds is 12. The molecule has 1 aromatic carbocycles. The number of carboxylic acids is 2. The minimum atomic E-state index is -5.48. The summed E-state index contributed by atoms with van der Waals surface area (Å²) in [5, 5.41) is 19.5. The van der Waals surface area contributed by atoms with Gasteiger partial charge in [0.05, 0.1) is 11.4 Å². The Bertz CT molecular complexity index is 1100. The molecule has 0 aliphatic heterocycles. The van der Waals surface area contributed by atoms with Crippen LogP contribution in [0.4, 0.5) is 5.69 Å². The largest absolute Gasteiger partial charge is 1.00 e. The van der Waals surface area contributed by atoms with Crippen molar-refractivity contribution in [1.82, 2.24) is 0 Å². The summed E-state index contributed by atoms with van der Waals surface area (Å²) in [4.78, 5) is 85.3. The second kappa shape index (κ2) is 24.7. The Morgan fingerprint density at radius 3 is 1.66 bits per heavy atom. The van der Waals surface area contributed by atoms with Gasteiger partial charge in [-0.25, -0.2) is 0 Å². The van der Waals surface area contributed by atoms with E-state index < -0.39 is 65.1 Å².